The molecular weight excluding hydrogens is 388 g/mol. The highest BCUT2D eigenvalue weighted by Crippen LogP contribution is 2.19. The molecule has 7 heteroatoms. The highest BCUT2D eigenvalue weighted by Gasteiger charge is 2.19. The Balaban J connectivity index is 1.67. The van der Waals surface area contributed by atoms with Gasteiger partial charge in [-0.3, -0.25) is 14.3 Å². The first-order valence-electron chi connectivity index (χ1n) is 9.31. The van der Waals surface area contributed by atoms with Crippen molar-refractivity contribution in [1.29, 1.82) is 0 Å². The summed E-state index contributed by atoms with van der Waals surface area (Å²) in [6.07, 6.45) is 0.596. The highest BCUT2D eigenvalue weighted by molar-refractivity contribution is 6.31. The normalized spacial score (nSPS) is 10.7. The summed E-state index contributed by atoms with van der Waals surface area (Å²) in [6, 6.07) is 14.7. The second-order valence-corrected chi connectivity index (χ2v) is 7.27. The van der Waals surface area contributed by atoms with Crippen LogP contribution in [0, 0.1) is 13.8 Å². The quantitative estimate of drug-likeness (QED) is 0.626. The van der Waals surface area contributed by atoms with Crippen LogP contribution in [-0.2, 0) is 13.0 Å². The lowest BCUT2D eigenvalue weighted by atomic mass is 10.1. The second kappa shape index (κ2) is 8.92. The van der Waals surface area contributed by atoms with Gasteiger partial charge >= 0.3 is 0 Å². The van der Waals surface area contributed by atoms with Gasteiger partial charge in [-0.1, -0.05) is 41.9 Å². The van der Waals surface area contributed by atoms with Gasteiger partial charge in [-0.05, 0) is 49.6 Å². The number of nitrogens with one attached hydrogen (secondary N) is 1. The van der Waals surface area contributed by atoms with E-state index in [1.54, 1.807) is 22.9 Å². The smallest absolute Gasteiger partial charge is 0.255 e. The lowest BCUT2D eigenvalue weighted by molar-refractivity contribution is 0.0951. The number of carbonyl (C=O) groups is 2. The Hall–Kier alpha value is -3.12. The molecule has 3 N–H and O–H groups in total. The van der Waals surface area contributed by atoms with Crippen LogP contribution in [0.3, 0.4) is 0 Å². The Kier molecular flexibility index (Phi) is 6.34. The molecule has 29 heavy (non-hydrogen) atoms. The minimum atomic E-state index is -0.465. The van der Waals surface area contributed by atoms with Gasteiger partial charge in [-0.2, -0.15) is 5.10 Å². The molecule has 0 unspecified atom stereocenters. The largest absolute Gasteiger partial charge is 0.366 e. The van der Waals surface area contributed by atoms with Crippen LogP contribution in [0.15, 0.2) is 48.5 Å². The topological polar surface area (TPSA) is 90.0 Å². The van der Waals surface area contributed by atoms with Crippen molar-refractivity contribution in [1.82, 2.24) is 15.1 Å². The van der Waals surface area contributed by atoms with Gasteiger partial charge in [0.05, 0.1) is 17.8 Å². The van der Waals surface area contributed by atoms with E-state index in [4.69, 9.17) is 17.3 Å². The van der Waals surface area contributed by atoms with Crippen molar-refractivity contribution in [2.24, 2.45) is 5.73 Å². The maximum absolute atomic E-state index is 12.7. The van der Waals surface area contributed by atoms with E-state index in [1.807, 2.05) is 44.2 Å². The molecule has 0 aliphatic heterocycles. The SMILES string of the molecule is Cc1nn(Cc2ccccc2Cl)c(C)c1C(=O)NCCc1cccc(C(N)=O)c1. The molecule has 2 aromatic carbocycles. The zero-order chi connectivity index (χ0) is 21.0. The molecule has 0 aliphatic rings. The molecule has 6 nitrogen and oxygen atoms in total. The van der Waals surface area contributed by atoms with Crippen LogP contribution in [0.25, 0.3) is 0 Å². The molecule has 0 saturated heterocycles. The molecule has 0 atom stereocenters. The number of amides is 2. The summed E-state index contributed by atoms with van der Waals surface area (Å²) in [6.45, 7) is 4.64. The van der Waals surface area contributed by atoms with Crippen LogP contribution in [0.5, 0.6) is 0 Å². The number of hydrogen-bond acceptors (Lipinski definition) is 3. The minimum Gasteiger partial charge on any atom is -0.366 e. The summed E-state index contributed by atoms with van der Waals surface area (Å²) in [7, 11) is 0. The van der Waals surface area contributed by atoms with Crippen molar-refractivity contribution >= 4 is 23.4 Å². The molecule has 0 bridgehead atoms. The van der Waals surface area contributed by atoms with Gasteiger partial charge in [0.15, 0.2) is 0 Å². The second-order valence-electron chi connectivity index (χ2n) is 6.87. The summed E-state index contributed by atoms with van der Waals surface area (Å²) in [5.41, 5.74) is 9.68. The van der Waals surface area contributed by atoms with Gasteiger partial charge in [0.1, 0.15) is 0 Å². The number of primary amides is 1. The molecule has 0 spiro atoms. The van der Waals surface area contributed by atoms with Crippen LogP contribution in [-0.4, -0.2) is 28.1 Å². The van der Waals surface area contributed by atoms with Crippen molar-refractivity contribution in [3.63, 3.8) is 0 Å². The third-order valence-corrected chi connectivity index (χ3v) is 5.17. The lowest BCUT2D eigenvalue weighted by Gasteiger charge is -2.08. The van der Waals surface area contributed by atoms with E-state index in [0.29, 0.717) is 41.4 Å². The summed E-state index contributed by atoms with van der Waals surface area (Å²) in [4.78, 5) is 24.0. The van der Waals surface area contributed by atoms with Gasteiger partial charge < -0.3 is 11.1 Å². The van der Waals surface area contributed by atoms with Crippen LogP contribution in [0.2, 0.25) is 5.02 Å². The van der Waals surface area contributed by atoms with Gasteiger partial charge in [-0.25, -0.2) is 0 Å². The van der Waals surface area contributed by atoms with Crippen molar-refractivity contribution in [3.05, 3.63) is 87.2 Å². The number of aromatic nitrogens is 2. The molecule has 3 rings (SSSR count). The fraction of sp³-hybridized carbons (Fsp3) is 0.227. The first-order chi connectivity index (χ1) is 13.9. The van der Waals surface area contributed by atoms with Gasteiger partial charge in [0.25, 0.3) is 5.91 Å². The molecule has 0 aliphatic carbocycles. The van der Waals surface area contributed by atoms with Crippen molar-refractivity contribution in [3.8, 4) is 0 Å². The number of rotatable bonds is 7. The van der Waals surface area contributed by atoms with Crippen LogP contribution in [0.4, 0.5) is 0 Å². The van der Waals surface area contributed by atoms with E-state index >= 15 is 0 Å². The number of nitrogens with two attached hydrogens (primary N) is 1. The molecule has 0 saturated carbocycles. The summed E-state index contributed by atoms with van der Waals surface area (Å²) in [5, 5.41) is 8.11. The van der Waals surface area contributed by atoms with Crippen molar-refractivity contribution in [2.45, 2.75) is 26.8 Å². The Morgan fingerprint density at radius 2 is 1.90 bits per heavy atom. The number of hydrogen-bond donors (Lipinski definition) is 2. The zero-order valence-corrected chi connectivity index (χ0v) is 17.2. The first kappa shape index (κ1) is 20.6. The summed E-state index contributed by atoms with van der Waals surface area (Å²) in [5.74, 6) is -0.635. The zero-order valence-electron chi connectivity index (χ0n) is 16.4. The molecule has 3 aromatic rings. The first-order valence-corrected chi connectivity index (χ1v) is 9.69. The highest BCUT2D eigenvalue weighted by atomic mass is 35.5. The van der Waals surface area contributed by atoms with E-state index in [1.165, 1.54) is 0 Å². The number of halogens is 1. The maximum atomic E-state index is 12.7. The lowest BCUT2D eigenvalue weighted by Crippen LogP contribution is -2.27. The minimum absolute atomic E-state index is 0.170. The summed E-state index contributed by atoms with van der Waals surface area (Å²) < 4.78 is 1.79. The molecule has 1 heterocycles. The Bertz CT molecular complexity index is 1060. The Labute approximate surface area is 174 Å². The number of aryl methyl sites for hydroxylation is 1. The maximum Gasteiger partial charge on any atom is 0.255 e. The standard InChI is InChI=1S/C22H23ClN4O2/c1-14-20(15(2)27(26-14)13-18-7-3-4-9-19(18)23)22(29)25-11-10-16-6-5-8-17(12-16)21(24)28/h3-9,12H,10-11,13H2,1-2H3,(H2,24,28)(H,25,29). The van der Waals surface area contributed by atoms with E-state index in [-0.39, 0.29) is 5.91 Å². The fourth-order valence-corrected chi connectivity index (χ4v) is 3.45. The fourth-order valence-electron chi connectivity index (χ4n) is 3.26. The predicted octanol–water partition coefficient (Wildman–Crippen LogP) is 3.27. The van der Waals surface area contributed by atoms with Gasteiger partial charge in [0, 0.05) is 22.8 Å². The van der Waals surface area contributed by atoms with E-state index < -0.39 is 5.91 Å². The van der Waals surface area contributed by atoms with Crippen molar-refractivity contribution < 1.29 is 9.59 Å². The van der Waals surface area contributed by atoms with Crippen LogP contribution < -0.4 is 11.1 Å². The molecule has 150 valence electrons. The predicted molar refractivity (Wildman–Crippen MR) is 113 cm³/mol. The number of benzene rings is 2. The monoisotopic (exact) mass is 410 g/mol. The van der Waals surface area contributed by atoms with E-state index in [0.717, 1.165) is 16.8 Å². The van der Waals surface area contributed by atoms with Gasteiger partial charge in [0.2, 0.25) is 5.91 Å². The molecule has 0 radical (unpaired) electrons. The number of nitrogens with zero attached hydrogens (tertiary/aromatic N) is 2. The number of carbonyl (C=O) groups excluding carboxylic acids is 2. The molecular formula is C22H23ClN4O2. The average Bonchev–Trinajstić information content (AvgIpc) is 2.97. The average molecular weight is 411 g/mol. The van der Waals surface area contributed by atoms with Gasteiger partial charge in [-0.15, -0.1) is 0 Å². The summed E-state index contributed by atoms with van der Waals surface area (Å²) >= 11 is 6.24. The molecule has 1 aromatic heterocycles. The van der Waals surface area contributed by atoms with Crippen LogP contribution in [0.1, 0.15) is 43.2 Å². The third-order valence-electron chi connectivity index (χ3n) is 4.80. The van der Waals surface area contributed by atoms with Crippen LogP contribution >= 0.6 is 11.6 Å². The van der Waals surface area contributed by atoms with Crippen molar-refractivity contribution in [2.75, 3.05) is 6.54 Å². The van der Waals surface area contributed by atoms with E-state index in [2.05, 4.69) is 10.4 Å². The molecule has 2 amide bonds. The van der Waals surface area contributed by atoms with E-state index in [9.17, 15) is 9.59 Å². The Morgan fingerprint density at radius 3 is 2.62 bits per heavy atom. The third kappa shape index (κ3) is 4.84. The Morgan fingerprint density at radius 1 is 1.14 bits per heavy atom. The molecule has 0 fully saturated rings.